The van der Waals surface area contributed by atoms with Gasteiger partial charge in [-0.1, -0.05) is 19.9 Å². The lowest BCUT2D eigenvalue weighted by Crippen LogP contribution is -2.54. The van der Waals surface area contributed by atoms with E-state index in [0.29, 0.717) is 12.8 Å². The van der Waals surface area contributed by atoms with Crippen molar-refractivity contribution in [1.82, 2.24) is 4.90 Å². The molecule has 3 aliphatic rings. The van der Waals surface area contributed by atoms with E-state index in [1.165, 1.54) is 22.3 Å². The van der Waals surface area contributed by atoms with Crippen molar-refractivity contribution in [2.75, 3.05) is 27.6 Å². The topological polar surface area (TPSA) is 40.2 Å². The predicted octanol–water partition coefficient (Wildman–Crippen LogP) is 4.60. The predicted molar refractivity (Wildman–Crippen MR) is 111 cm³/mol. The maximum atomic E-state index is 5.92. The molecule has 5 heteroatoms. The SMILES string of the molecule is CCC1(CC)c2c(ccc(OC)c2OC)CC2c3cc4c(cc3CCN21)OCO4. The summed E-state index contributed by atoms with van der Waals surface area (Å²) in [4.78, 5) is 2.71. The van der Waals surface area contributed by atoms with Gasteiger partial charge in [0, 0.05) is 18.2 Å². The number of ether oxygens (including phenoxy) is 4. The highest BCUT2D eigenvalue weighted by Gasteiger charge is 2.49. The summed E-state index contributed by atoms with van der Waals surface area (Å²) in [6.45, 7) is 5.94. The Bertz CT molecular complexity index is 950. The summed E-state index contributed by atoms with van der Waals surface area (Å²) in [6, 6.07) is 9.02. The van der Waals surface area contributed by atoms with Gasteiger partial charge < -0.3 is 18.9 Å². The van der Waals surface area contributed by atoms with Crippen molar-refractivity contribution in [3.63, 3.8) is 0 Å². The molecule has 1 atom stereocenters. The molecule has 0 saturated carbocycles. The minimum Gasteiger partial charge on any atom is -0.493 e. The molecule has 1 unspecified atom stereocenters. The third-order valence-electron chi connectivity index (χ3n) is 7.22. The Morgan fingerprint density at radius 1 is 1.03 bits per heavy atom. The standard InChI is InChI=1S/C24H29NO4/c1-5-24(6-2)22-16(7-8-19(26-3)23(22)27-4)11-18-17-13-21-20(28-14-29-21)12-15(17)9-10-25(18)24/h7-8,12-13,18H,5-6,9-11,14H2,1-4H3. The molecule has 3 aliphatic heterocycles. The summed E-state index contributed by atoms with van der Waals surface area (Å²) in [5.74, 6) is 3.47. The molecule has 0 saturated heterocycles. The Morgan fingerprint density at radius 2 is 1.79 bits per heavy atom. The highest BCUT2D eigenvalue weighted by Crippen LogP contribution is 2.55. The molecule has 0 aromatic heterocycles. The average molecular weight is 395 g/mol. The smallest absolute Gasteiger partial charge is 0.231 e. The molecule has 5 nitrogen and oxygen atoms in total. The van der Waals surface area contributed by atoms with Crippen LogP contribution in [0.25, 0.3) is 0 Å². The summed E-state index contributed by atoms with van der Waals surface area (Å²) in [7, 11) is 3.47. The van der Waals surface area contributed by atoms with E-state index in [9.17, 15) is 0 Å². The maximum Gasteiger partial charge on any atom is 0.231 e. The zero-order chi connectivity index (χ0) is 20.2. The van der Waals surface area contributed by atoms with Gasteiger partial charge in [-0.15, -0.1) is 0 Å². The number of hydrogen-bond acceptors (Lipinski definition) is 5. The van der Waals surface area contributed by atoms with Gasteiger partial charge in [0.1, 0.15) is 0 Å². The Morgan fingerprint density at radius 3 is 2.48 bits per heavy atom. The van der Waals surface area contributed by atoms with Crippen molar-refractivity contribution in [2.45, 2.75) is 51.1 Å². The number of nitrogens with zero attached hydrogens (tertiary/aromatic N) is 1. The molecule has 0 N–H and O–H groups in total. The summed E-state index contributed by atoms with van der Waals surface area (Å²) < 4.78 is 22.9. The van der Waals surface area contributed by atoms with Crippen LogP contribution < -0.4 is 18.9 Å². The van der Waals surface area contributed by atoms with Crippen LogP contribution in [0.4, 0.5) is 0 Å². The van der Waals surface area contributed by atoms with Crippen molar-refractivity contribution in [3.05, 3.63) is 46.5 Å². The first kappa shape index (κ1) is 18.6. The molecular weight excluding hydrogens is 366 g/mol. The van der Waals surface area contributed by atoms with E-state index in [4.69, 9.17) is 18.9 Å². The van der Waals surface area contributed by atoms with Gasteiger partial charge in [-0.05, 0) is 60.6 Å². The van der Waals surface area contributed by atoms with Crippen molar-refractivity contribution in [2.24, 2.45) is 0 Å². The highest BCUT2D eigenvalue weighted by molar-refractivity contribution is 5.58. The molecule has 154 valence electrons. The van der Waals surface area contributed by atoms with Gasteiger partial charge in [0.2, 0.25) is 6.79 Å². The fourth-order valence-corrected chi connectivity index (χ4v) is 5.83. The van der Waals surface area contributed by atoms with Gasteiger partial charge in [-0.25, -0.2) is 0 Å². The Kier molecular flexibility index (Phi) is 4.39. The lowest BCUT2D eigenvalue weighted by molar-refractivity contribution is 0.00750. The monoisotopic (exact) mass is 395 g/mol. The third kappa shape index (κ3) is 2.49. The largest absolute Gasteiger partial charge is 0.493 e. The maximum absolute atomic E-state index is 5.92. The molecule has 2 aromatic carbocycles. The van der Waals surface area contributed by atoms with Crippen LogP contribution in [0.15, 0.2) is 24.3 Å². The molecule has 29 heavy (non-hydrogen) atoms. The van der Waals surface area contributed by atoms with Gasteiger partial charge in [-0.3, -0.25) is 4.90 Å². The van der Waals surface area contributed by atoms with Crippen molar-refractivity contribution >= 4 is 0 Å². The lowest BCUT2D eigenvalue weighted by Gasteiger charge is -2.54. The highest BCUT2D eigenvalue weighted by atomic mass is 16.7. The summed E-state index contributed by atoms with van der Waals surface area (Å²) >= 11 is 0. The first-order valence-electron chi connectivity index (χ1n) is 10.6. The molecule has 3 heterocycles. The first-order chi connectivity index (χ1) is 14.2. The Hall–Kier alpha value is -2.40. The molecule has 0 amide bonds. The second-order valence-electron chi connectivity index (χ2n) is 8.14. The summed E-state index contributed by atoms with van der Waals surface area (Å²) in [5, 5.41) is 0. The van der Waals surface area contributed by atoms with Crippen molar-refractivity contribution < 1.29 is 18.9 Å². The molecule has 5 rings (SSSR count). The molecule has 0 fully saturated rings. The number of methoxy groups -OCH3 is 2. The second kappa shape index (κ2) is 6.84. The number of benzene rings is 2. The Balaban J connectivity index is 1.71. The fraction of sp³-hybridized carbons (Fsp3) is 0.500. The third-order valence-corrected chi connectivity index (χ3v) is 7.22. The lowest BCUT2D eigenvalue weighted by atomic mass is 9.70. The number of rotatable bonds is 4. The molecule has 0 radical (unpaired) electrons. The molecular formula is C24H29NO4. The van der Waals surface area contributed by atoms with E-state index < -0.39 is 0 Å². The van der Waals surface area contributed by atoms with Crippen LogP contribution in [0.2, 0.25) is 0 Å². The quantitative estimate of drug-likeness (QED) is 0.756. The van der Waals surface area contributed by atoms with Crippen LogP contribution in [0.5, 0.6) is 23.0 Å². The van der Waals surface area contributed by atoms with Gasteiger partial charge >= 0.3 is 0 Å². The molecule has 0 spiro atoms. The van der Waals surface area contributed by atoms with E-state index in [2.05, 4.69) is 36.9 Å². The van der Waals surface area contributed by atoms with Gasteiger partial charge in [0.25, 0.3) is 0 Å². The zero-order valence-electron chi connectivity index (χ0n) is 17.7. The van der Waals surface area contributed by atoms with Crippen LogP contribution in [0, 0.1) is 0 Å². The van der Waals surface area contributed by atoms with Crippen molar-refractivity contribution in [3.8, 4) is 23.0 Å². The molecule has 2 aromatic rings. The molecule has 0 aliphatic carbocycles. The van der Waals surface area contributed by atoms with Crippen LogP contribution >= 0.6 is 0 Å². The van der Waals surface area contributed by atoms with Crippen LogP contribution in [0.3, 0.4) is 0 Å². The summed E-state index contributed by atoms with van der Waals surface area (Å²) in [6.07, 6.45) is 4.03. The van der Waals surface area contributed by atoms with E-state index in [1.807, 2.05) is 6.07 Å². The second-order valence-corrected chi connectivity index (χ2v) is 8.14. The fourth-order valence-electron chi connectivity index (χ4n) is 5.83. The van der Waals surface area contributed by atoms with Crippen LogP contribution in [-0.4, -0.2) is 32.5 Å². The Labute approximate surface area is 172 Å². The van der Waals surface area contributed by atoms with Gasteiger partial charge in [0.05, 0.1) is 19.8 Å². The van der Waals surface area contributed by atoms with Gasteiger partial charge in [-0.2, -0.15) is 0 Å². The van der Waals surface area contributed by atoms with Crippen LogP contribution in [0.1, 0.15) is 55.0 Å². The number of hydrogen-bond donors (Lipinski definition) is 0. The number of fused-ring (bicyclic) bond motifs is 5. The van der Waals surface area contributed by atoms with E-state index in [0.717, 1.165) is 55.2 Å². The van der Waals surface area contributed by atoms with E-state index in [-0.39, 0.29) is 5.54 Å². The normalized spacial score (nSPS) is 21.2. The average Bonchev–Trinajstić information content (AvgIpc) is 3.22. The van der Waals surface area contributed by atoms with Crippen molar-refractivity contribution in [1.29, 1.82) is 0 Å². The molecule has 0 bridgehead atoms. The minimum atomic E-state index is -0.0772. The van der Waals surface area contributed by atoms with E-state index in [1.54, 1.807) is 14.2 Å². The van der Waals surface area contributed by atoms with E-state index >= 15 is 0 Å². The zero-order valence-corrected chi connectivity index (χ0v) is 17.7. The first-order valence-corrected chi connectivity index (χ1v) is 10.6. The van der Waals surface area contributed by atoms with Crippen LogP contribution in [-0.2, 0) is 18.4 Å². The van der Waals surface area contributed by atoms with Gasteiger partial charge in [0.15, 0.2) is 23.0 Å². The summed E-state index contributed by atoms with van der Waals surface area (Å²) in [5.41, 5.74) is 5.36. The minimum absolute atomic E-state index is 0.0772.